The van der Waals surface area contributed by atoms with E-state index in [9.17, 15) is 0 Å². The van der Waals surface area contributed by atoms with Crippen molar-refractivity contribution in [2.24, 2.45) is 7.05 Å². The van der Waals surface area contributed by atoms with Crippen molar-refractivity contribution < 1.29 is 4.74 Å². The molecule has 1 aromatic carbocycles. The Hall–Kier alpha value is -2.03. The van der Waals surface area contributed by atoms with Crippen molar-refractivity contribution >= 4 is 5.57 Å². The van der Waals surface area contributed by atoms with E-state index in [2.05, 4.69) is 17.1 Å². The molecule has 0 unspecified atom stereocenters. The number of benzene rings is 1. The van der Waals surface area contributed by atoms with Crippen LogP contribution in [0.25, 0.3) is 16.8 Å². The Morgan fingerprint density at radius 2 is 2.00 bits per heavy atom. The molecule has 2 aromatic rings. The SMILES string of the molecule is Cn1cnc(C2=COC2)c1-c1ccccc1. The Morgan fingerprint density at radius 1 is 1.25 bits per heavy atom. The number of ether oxygens (including phenoxy) is 1. The number of nitrogens with zero attached hydrogens (tertiary/aromatic N) is 2. The zero-order valence-corrected chi connectivity index (χ0v) is 9.05. The van der Waals surface area contributed by atoms with Crippen molar-refractivity contribution in [3.63, 3.8) is 0 Å². The van der Waals surface area contributed by atoms with Crippen LogP contribution in [-0.4, -0.2) is 16.2 Å². The van der Waals surface area contributed by atoms with Crippen LogP contribution in [0.2, 0.25) is 0 Å². The summed E-state index contributed by atoms with van der Waals surface area (Å²) in [7, 11) is 2.01. The molecule has 0 saturated heterocycles. The third kappa shape index (κ3) is 1.33. The minimum absolute atomic E-state index is 0.664. The number of imidazole rings is 1. The van der Waals surface area contributed by atoms with E-state index >= 15 is 0 Å². The molecule has 1 aliphatic heterocycles. The van der Waals surface area contributed by atoms with Gasteiger partial charge in [-0.15, -0.1) is 0 Å². The van der Waals surface area contributed by atoms with Crippen LogP contribution in [0.1, 0.15) is 5.69 Å². The molecule has 0 atom stereocenters. The van der Waals surface area contributed by atoms with Gasteiger partial charge in [0.1, 0.15) is 6.61 Å². The summed E-state index contributed by atoms with van der Waals surface area (Å²) in [6.07, 6.45) is 3.62. The molecule has 80 valence electrons. The highest BCUT2D eigenvalue weighted by atomic mass is 16.5. The van der Waals surface area contributed by atoms with Gasteiger partial charge in [-0.1, -0.05) is 30.3 Å². The molecule has 3 rings (SSSR count). The lowest BCUT2D eigenvalue weighted by Crippen LogP contribution is -2.06. The Balaban J connectivity index is 2.16. The molecule has 0 radical (unpaired) electrons. The fourth-order valence-corrected chi connectivity index (χ4v) is 1.89. The first-order chi connectivity index (χ1) is 7.86. The maximum absolute atomic E-state index is 5.08. The molecular weight excluding hydrogens is 200 g/mol. The summed E-state index contributed by atoms with van der Waals surface area (Å²) in [6, 6.07) is 10.3. The van der Waals surface area contributed by atoms with Crippen LogP contribution in [0.4, 0.5) is 0 Å². The molecule has 3 heteroatoms. The van der Waals surface area contributed by atoms with E-state index in [-0.39, 0.29) is 0 Å². The highest BCUT2D eigenvalue weighted by molar-refractivity contribution is 5.78. The van der Waals surface area contributed by atoms with Gasteiger partial charge >= 0.3 is 0 Å². The molecule has 0 spiro atoms. The molecule has 16 heavy (non-hydrogen) atoms. The van der Waals surface area contributed by atoms with Crippen LogP contribution in [-0.2, 0) is 11.8 Å². The monoisotopic (exact) mass is 212 g/mol. The zero-order chi connectivity index (χ0) is 11.0. The Kier molecular flexibility index (Phi) is 2.03. The summed E-state index contributed by atoms with van der Waals surface area (Å²) in [6.45, 7) is 0.664. The Labute approximate surface area is 94.0 Å². The normalized spacial score (nSPS) is 13.9. The minimum Gasteiger partial charge on any atom is -0.496 e. The quantitative estimate of drug-likeness (QED) is 0.764. The predicted molar refractivity (Wildman–Crippen MR) is 62.6 cm³/mol. The molecule has 1 aromatic heterocycles. The summed E-state index contributed by atoms with van der Waals surface area (Å²) in [5.74, 6) is 0. The van der Waals surface area contributed by atoms with Gasteiger partial charge in [0.25, 0.3) is 0 Å². The fourth-order valence-electron chi connectivity index (χ4n) is 1.89. The lowest BCUT2D eigenvalue weighted by Gasteiger charge is -2.15. The molecule has 2 heterocycles. The summed E-state index contributed by atoms with van der Waals surface area (Å²) in [4.78, 5) is 4.43. The zero-order valence-electron chi connectivity index (χ0n) is 9.05. The van der Waals surface area contributed by atoms with Crippen molar-refractivity contribution in [2.45, 2.75) is 0 Å². The topological polar surface area (TPSA) is 27.1 Å². The average Bonchev–Trinajstić information content (AvgIpc) is 2.59. The van der Waals surface area contributed by atoms with Gasteiger partial charge in [-0.2, -0.15) is 0 Å². The highest BCUT2D eigenvalue weighted by Crippen LogP contribution is 2.30. The molecule has 0 N–H and O–H groups in total. The highest BCUT2D eigenvalue weighted by Gasteiger charge is 2.19. The van der Waals surface area contributed by atoms with Crippen LogP contribution < -0.4 is 0 Å². The average molecular weight is 212 g/mol. The van der Waals surface area contributed by atoms with E-state index in [4.69, 9.17) is 4.74 Å². The molecular formula is C13H12N2O. The molecule has 0 aliphatic carbocycles. The van der Waals surface area contributed by atoms with Crippen molar-refractivity contribution in [1.29, 1.82) is 0 Å². The van der Waals surface area contributed by atoms with Gasteiger partial charge in [-0.05, 0) is 0 Å². The molecule has 0 bridgehead atoms. The largest absolute Gasteiger partial charge is 0.496 e. The second-order valence-electron chi connectivity index (χ2n) is 3.87. The minimum atomic E-state index is 0.664. The maximum atomic E-state index is 5.08. The predicted octanol–water partition coefficient (Wildman–Crippen LogP) is 2.46. The third-order valence-corrected chi connectivity index (χ3v) is 2.75. The van der Waals surface area contributed by atoms with E-state index in [0.29, 0.717) is 6.61 Å². The summed E-state index contributed by atoms with van der Waals surface area (Å²) in [5.41, 5.74) is 4.53. The maximum Gasteiger partial charge on any atom is 0.118 e. The fraction of sp³-hybridized carbons (Fsp3) is 0.154. The third-order valence-electron chi connectivity index (χ3n) is 2.75. The van der Waals surface area contributed by atoms with Crippen LogP contribution in [0, 0.1) is 0 Å². The van der Waals surface area contributed by atoms with Crippen LogP contribution in [0.3, 0.4) is 0 Å². The summed E-state index contributed by atoms with van der Waals surface area (Å²) >= 11 is 0. The molecule has 1 aliphatic rings. The second-order valence-corrected chi connectivity index (χ2v) is 3.87. The van der Waals surface area contributed by atoms with E-state index in [1.807, 2.05) is 36.1 Å². The first kappa shape index (κ1) is 9.21. The molecule has 0 fully saturated rings. The van der Waals surface area contributed by atoms with Gasteiger partial charge in [0.2, 0.25) is 0 Å². The van der Waals surface area contributed by atoms with Crippen LogP contribution >= 0.6 is 0 Å². The Morgan fingerprint density at radius 3 is 2.62 bits per heavy atom. The Bertz CT molecular complexity index is 540. The standard InChI is InChI=1S/C13H12N2O/c1-15-9-14-12(11-7-16-8-11)13(15)10-5-3-2-4-6-10/h2-7,9H,8H2,1H3. The summed E-state index contributed by atoms with van der Waals surface area (Å²) < 4.78 is 7.12. The van der Waals surface area contributed by atoms with Gasteiger partial charge in [0.05, 0.1) is 29.6 Å². The first-order valence-corrected chi connectivity index (χ1v) is 5.24. The van der Waals surface area contributed by atoms with Gasteiger partial charge in [-0.25, -0.2) is 4.98 Å². The van der Waals surface area contributed by atoms with Gasteiger partial charge < -0.3 is 9.30 Å². The number of aromatic nitrogens is 2. The van der Waals surface area contributed by atoms with Crippen molar-refractivity contribution in [1.82, 2.24) is 9.55 Å². The number of hydrogen-bond donors (Lipinski definition) is 0. The number of hydrogen-bond acceptors (Lipinski definition) is 2. The van der Waals surface area contributed by atoms with E-state index in [1.165, 1.54) is 11.1 Å². The lowest BCUT2D eigenvalue weighted by molar-refractivity contribution is 0.256. The number of rotatable bonds is 2. The van der Waals surface area contributed by atoms with E-state index in [0.717, 1.165) is 11.4 Å². The smallest absolute Gasteiger partial charge is 0.118 e. The van der Waals surface area contributed by atoms with E-state index < -0.39 is 0 Å². The number of aryl methyl sites for hydroxylation is 1. The van der Waals surface area contributed by atoms with Gasteiger partial charge in [-0.3, -0.25) is 0 Å². The van der Waals surface area contributed by atoms with Crippen LogP contribution in [0.15, 0.2) is 42.9 Å². The molecule has 0 amide bonds. The molecule has 3 nitrogen and oxygen atoms in total. The molecule has 0 saturated carbocycles. The van der Waals surface area contributed by atoms with Crippen molar-refractivity contribution in [3.8, 4) is 11.3 Å². The van der Waals surface area contributed by atoms with Gasteiger partial charge in [0, 0.05) is 12.6 Å². The van der Waals surface area contributed by atoms with E-state index in [1.54, 1.807) is 6.26 Å². The van der Waals surface area contributed by atoms with Crippen molar-refractivity contribution in [3.05, 3.63) is 48.6 Å². The first-order valence-electron chi connectivity index (χ1n) is 5.24. The summed E-state index contributed by atoms with van der Waals surface area (Å²) in [5, 5.41) is 0. The van der Waals surface area contributed by atoms with Crippen molar-refractivity contribution in [2.75, 3.05) is 6.61 Å². The van der Waals surface area contributed by atoms with Gasteiger partial charge in [0.15, 0.2) is 0 Å². The second kappa shape index (κ2) is 3.52. The van der Waals surface area contributed by atoms with Crippen LogP contribution in [0.5, 0.6) is 0 Å². The lowest BCUT2D eigenvalue weighted by atomic mass is 10.1.